The van der Waals surface area contributed by atoms with Crippen LogP contribution in [-0.4, -0.2) is 72.4 Å². The fourth-order valence-electron chi connectivity index (χ4n) is 5.05. The fraction of sp³-hybridized carbons (Fsp3) is 0.481. The lowest BCUT2D eigenvalue weighted by Gasteiger charge is -2.42. The Balaban J connectivity index is 1.31. The molecule has 1 atom stereocenters. The Bertz CT molecular complexity index is 1030. The molecule has 2 heterocycles. The summed E-state index contributed by atoms with van der Waals surface area (Å²) in [5.41, 5.74) is 0.828. The van der Waals surface area contributed by atoms with Crippen molar-refractivity contribution in [1.29, 1.82) is 5.26 Å². The summed E-state index contributed by atoms with van der Waals surface area (Å²) < 4.78 is 23.2. The summed E-state index contributed by atoms with van der Waals surface area (Å²) in [7, 11) is 1.60. The van der Waals surface area contributed by atoms with Crippen LogP contribution in [0, 0.1) is 11.5 Å². The topological polar surface area (TPSA) is 92.1 Å². The molecule has 1 unspecified atom stereocenters. The van der Waals surface area contributed by atoms with Gasteiger partial charge in [0.2, 0.25) is 0 Å². The highest BCUT2D eigenvalue weighted by atomic mass is 32.2. The van der Waals surface area contributed by atoms with E-state index < -0.39 is 11.2 Å². The maximum absolute atomic E-state index is 12.9. The Labute approximate surface area is 216 Å². The predicted octanol–water partition coefficient (Wildman–Crippen LogP) is 4.23. The second-order valence-electron chi connectivity index (χ2n) is 9.09. The number of rotatable bonds is 7. The number of carbonyl (C=O) groups is 1. The molecule has 1 amide bonds. The molecule has 2 aliphatic rings. The molecule has 0 saturated carbocycles. The van der Waals surface area contributed by atoms with Gasteiger partial charge in [0.05, 0.1) is 19.4 Å². The zero-order chi connectivity index (χ0) is 25.5. The largest absolute Gasteiger partial charge is 0.606 e. The molecule has 2 aromatic carbocycles. The Hall–Kier alpha value is -2.93. The SMILES string of the molecule is CCOC(=O)N1CCC(N2CCC(N(C#N)c3ccc([S+]([O-])c4ccc(OC)cc4)cc3)CC2)CC1. The third-order valence-electron chi connectivity index (χ3n) is 7.08. The van der Waals surface area contributed by atoms with Gasteiger partial charge in [-0.3, -0.25) is 4.90 Å². The van der Waals surface area contributed by atoms with E-state index in [1.54, 1.807) is 41.2 Å². The summed E-state index contributed by atoms with van der Waals surface area (Å²) in [6.45, 7) is 5.58. The number of methoxy groups -OCH3 is 1. The molecule has 9 heteroatoms. The van der Waals surface area contributed by atoms with Gasteiger partial charge in [0.15, 0.2) is 16.0 Å². The van der Waals surface area contributed by atoms with Gasteiger partial charge in [-0.25, -0.2) is 4.79 Å². The molecule has 4 rings (SSSR count). The molecular weight excluding hydrogens is 476 g/mol. The monoisotopic (exact) mass is 510 g/mol. The molecule has 0 aromatic heterocycles. The number of ether oxygens (including phenoxy) is 2. The second-order valence-corrected chi connectivity index (χ2v) is 10.6. The molecule has 2 aliphatic heterocycles. The first-order chi connectivity index (χ1) is 17.5. The van der Waals surface area contributed by atoms with Gasteiger partial charge in [-0.1, -0.05) is 0 Å². The maximum atomic E-state index is 12.9. The van der Waals surface area contributed by atoms with Crippen LogP contribution in [0.1, 0.15) is 32.6 Å². The molecule has 2 saturated heterocycles. The minimum absolute atomic E-state index is 0.142. The number of anilines is 1. The van der Waals surface area contributed by atoms with Crippen molar-refractivity contribution in [2.75, 3.05) is 44.8 Å². The predicted molar refractivity (Wildman–Crippen MR) is 138 cm³/mol. The fourth-order valence-corrected chi connectivity index (χ4v) is 6.09. The first-order valence-corrected chi connectivity index (χ1v) is 13.7. The number of nitriles is 1. The number of amides is 1. The van der Waals surface area contributed by atoms with Crippen LogP contribution in [0.4, 0.5) is 10.5 Å². The van der Waals surface area contributed by atoms with Gasteiger partial charge in [-0.05, 0) is 81.1 Å². The molecule has 2 fully saturated rings. The molecular formula is C27H34N4O4S. The van der Waals surface area contributed by atoms with Crippen LogP contribution in [0.5, 0.6) is 5.75 Å². The number of carbonyl (C=O) groups excluding carboxylic acids is 1. The zero-order valence-corrected chi connectivity index (χ0v) is 21.8. The van der Waals surface area contributed by atoms with Crippen molar-refractivity contribution in [2.24, 2.45) is 0 Å². The van der Waals surface area contributed by atoms with E-state index in [9.17, 15) is 14.6 Å². The van der Waals surface area contributed by atoms with Gasteiger partial charge in [-0.15, -0.1) is 0 Å². The van der Waals surface area contributed by atoms with Gasteiger partial charge in [0.1, 0.15) is 5.75 Å². The molecule has 0 aliphatic carbocycles. The number of benzene rings is 2. The van der Waals surface area contributed by atoms with Gasteiger partial charge in [0, 0.05) is 49.4 Å². The van der Waals surface area contributed by atoms with Crippen LogP contribution in [0.15, 0.2) is 58.3 Å². The summed E-state index contributed by atoms with van der Waals surface area (Å²) in [4.78, 5) is 19.5. The van der Waals surface area contributed by atoms with Crippen LogP contribution in [0.2, 0.25) is 0 Å². The number of hydrogen-bond donors (Lipinski definition) is 0. The number of piperidine rings is 2. The van der Waals surface area contributed by atoms with E-state index in [1.807, 2.05) is 31.2 Å². The molecule has 0 radical (unpaired) electrons. The molecule has 36 heavy (non-hydrogen) atoms. The maximum Gasteiger partial charge on any atom is 0.409 e. The molecule has 0 N–H and O–H groups in total. The Morgan fingerprint density at radius 1 is 1.03 bits per heavy atom. The van der Waals surface area contributed by atoms with Crippen molar-refractivity contribution in [3.8, 4) is 11.9 Å². The van der Waals surface area contributed by atoms with Crippen molar-refractivity contribution in [3.63, 3.8) is 0 Å². The Morgan fingerprint density at radius 2 is 1.61 bits per heavy atom. The van der Waals surface area contributed by atoms with Crippen LogP contribution >= 0.6 is 0 Å². The highest BCUT2D eigenvalue weighted by Crippen LogP contribution is 2.29. The van der Waals surface area contributed by atoms with Crippen molar-refractivity contribution in [3.05, 3.63) is 48.5 Å². The molecule has 192 valence electrons. The average Bonchev–Trinajstić information content (AvgIpc) is 2.94. The summed E-state index contributed by atoms with van der Waals surface area (Å²) in [5, 5.41) is 9.92. The van der Waals surface area contributed by atoms with E-state index in [0.29, 0.717) is 22.4 Å². The highest BCUT2D eigenvalue weighted by molar-refractivity contribution is 7.91. The lowest BCUT2D eigenvalue weighted by atomic mass is 9.97. The lowest BCUT2D eigenvalue weighted by molar-refractivity contribution is 0.0666. The molecule has 2 aromatic rings. The molecule has 8 nitrogen and oxygen atoms in total. The van der Waals surface area contributed by atoms with Gasteiger partial charge >= 0.3 is 6.09 Å². The lowest BCUT2D eigenvalue weighted by Crippen LogP contribution is -2.51. The first kappa shape index (κ1) is 26.1. The standard InChI is InChI=1S/C27H34N4O4S/c1-3-35-27(32)30-18-12-21(13-19-30)29-16-14-23(15-17-29)31(20-28)22-4-8-25(9-5-22)36(33)26-10-6-24(34-2)7-11-26/h4-11,21,23H,3,12-19H2,1-2H3. The quantitative estimate of drug-likeness (QED) is 0.313. The highest BCUT2D eigenvalue weighted by Gasteiger charge is 2.32. The second kappa shape index (κ2) is 12.3. The number of nitrogens with zero attached hydrogens (tertiary/aromatic N) is 4. The molecule has 0 spiro atoms. The van der Waals surface area contributed by atoms with Crippen LogP contribution < -0.4 is 9.64 Å². The van der Waals surface area contributed by atoms with E-state index in [2.05, 4.69) is 11.1 Å². The van der Waals surface area contributed by atoms with Crippen LogP contribution in [0.25, 0.3) is 0 Å². The minimum Gasteiger partial charge on any atom is -0.606 e. The third-order valence-corrected chi connectivity index (χ3v) is 8.48. The van der Waals surface area contributed by atoms with E-state index >= 15 is 0 Å². The summed E-state index contributed by atoms with van der Waals surface area (Å²) in [6, 6.07) is 15.3. The third kappa shape index (κ3) is 6.06. The average molecular weight is 511 g/mol. The van der Waals surface area contributed by atoms with Crippen molar-refractivity contribution >= 4 is 23.0 Å². The van der Waals surface area contributed by atoms with E-state index in [1.165, 1.54) is 0 Å². The van der Waals surface area contributed by atoms with E-state index in [-0.39, 0.29) is 12.1 Å². The van der Waals surface area contributed by atoms with Crippen LogP contribution in [0.3, 0.4) is 0 Å². The van der Waals surface area contributed by atoms with Crippen LogP contribution in [-0.2, 0) is 15.9 Å². The normalized spacial score (nSPS) is 18.3. The Kier molecular flexibility index (Phi) is 8.97. The Morgan fingerprint density at radius 3 is 2.14 bits per heavy atom. The van der Waals surface area contributed by atoms with E-state index in [0.717, 1.165) is 63.3 Å². The summed E-state index contributed by atoms with van der Waals surface area (Å²) in [6.07, 6.45) is 5.89. The molecule has 0 bridgehead atoms. The number of hydrogen-bond acceptors (Lipinski definition) is 7. The van der Waals surface area contributed by atoms with Crippen molar-refractivity contribution < 1.29 is 18.8 Å². The summed E-state index contributed by atoms with van der Waals surface area (Å²) in [5.74, 6) is 0.726. The first-order valence-electron chi connectivity index (χ1n) is 12.5. The van der Waals surface area contributed by atoms with Crippen molar-refractivity contribution in [2.45, 2.75) is 54.5 Å². The number of likely N-dealkylation sites (tertiary alicyclic amines) is 2. The summed E-state index contributed by atoms with van der Waals surface area (Å²) >= 11 is -1.30. The van der Waals surface area contributed by atoms with Gasteiger partial charge < -0.3 is 23.8 Å². The van der Waals surface area contributed by atoms with E-state index in [4.69, 9.17) is 9.47 Å². The van der Waals surface area contributed by atoms with Gasteiger partial charge in [-0.2, -0.15) is 5.26 Å². The van der Waals surface area contributed by atoms with Crippen molar-refractivity contribution in [1.82, 2.24) is 9.80 Å². The zero-order valence-electron chi connectivity index (χ0n) is 21.0. The minimum atomic E-state index is -1.30. The smallest absolute Gasteiger partial charge is 0.409 e. The van der Waals surface area contributed by atoms with Gasteiger partial charge in [0.25, 0.3) is 0 Å².